The van der Waals surface area contributed by atoms with Crippen molar-refractivity contribution in [3.8, 4) is 0 Å². The van der Waals surface area contributed by atoms with E-state index >= 15 is 0 Å². The van der Waals surface area contributed by atoms with Gasteiger partial charge in [0.05, 0.1) is 35.3 Å². The summed E-state index contributed by atoms with van der Waals surface area (Å²) in [6, 6.07) is 18.8. The summed E-state index contributed by atoms with van der Waals surface area (Å²) in [7, 11) is 1.46. The molecule has 1 saturated heterocycles. The van der Waals surface area contributed by atoms with Gasteiger partial charge in [-0.1, -0.05) is 17.7 Å². The van der Waals surface area contributed by atoms with Crippen LogP contribution in [0.4, 0.5) is 11.4 Å². The van der Waals surface area contributed by atoms with Gasteiger partial charge < -0.3 is 29.3 Å². The summed E-state index contributed by atoms with van der Waals surface area (Å²) in [6.45, 7) is 0.519. The van der Waals surface area contributed by atoms with E-state index in [-0.39, 0.29) is 24.6 Å². The van der Waals surface area contributed by atoms with Crippen LogP contribution in [0.3, 0.4) is 0 Å². The van der Waals surface area contributed by atoms with Crippen LogP contribution in [0.5, 0.6) is 0 Å². The van der Waals surface area contributed by atoms with Gasteiger partial charge in [0, 0.05) is 30.9 Å². The summed E-state index contributed by atoms with van der Waals surface area (Å²) in [6.07, 6.45) is 5.47. The maximum atomic E-state index is 12.0. The van der Waals surface area contributed by atoms with E-state index in [4.69, 9.17) is 33.0 Å². The molecule has 2 N–H and O–H groups in total. The predicted octanol–water partition coefficient (Wildman–Crippen LogP) is 4.94. The second-order valence-corrected chi connectivity index (χ2v) is 9.08. The Morgan fingerprint density at radius 2 is 2.11 bits per heavy atom. The van der Waals surface area contributed by atoms with Crippen molar-refractivity contribution >= 4 is 46.2 Å². The van der Waals surface area contributed by atoms with Gasteiger partial charge in [0.15, 0.2) is 5.11 Å². The van der Waals surface area contributed by atoms with Gasteiger partial charge in [-0.2, -0.15) is 0 Å². The van der Waals surface area contributed by atoms with E-state index in [2.05, 4.69) is 26.3 Å². The molecule has 36 heavy (non-hydrogen) atoms. The molecular weight excluding hydrogens is 498 g/mol. The Kier molecular flexibility index (Phi) is 7.04. The average molecular weight is 522 g/mol. The smallest absolute Gasteiger partial charge is 0.250 e. The van der Waals surface area contributed by atoms with Crippen molar-refractivity contribution in [2.45, 2.75) is 18.6 Å². The molecule has 2 atom stereocenters. The van der Waals surface area contributed by atoms with E-state index in [9.17, 15) is 4.79 Å². The third kappa shape index (κ3) is 4.86. The fourth-order valence-electron chi connectivity index (χ4n) is 4.42. The van der Waals surface area contributed by atoms with E-state index in [0.29, 0.717) is 22.4 Å². The zero-order valence-electron chi connectivity index (χ0n) is 19.4. The second-order valence-electron chi connectivity index (χ2n) is 8.28. The highest BCUT2D eigenvalue weighted by Crippen LogP contribution is 2.43. The fourth-order valence-corrected chi connectivity index (χ4v) is 4.98. The molecule has 1 aliphatic heterocycles. The maximum absolute atomic E-state index is 12.0. The van der Waals surface area contributed by atoms with Crippen molar-refractivity contribution in [1.29, 1.82) is 0 Å². The van der Waals surface area contributed by atoms with Crippen molar-refractivity contribution in [3.63, 3.8) is 0 Å². The number of hydrogen-bond donors (Lipinski definition) is 2. The van der Waals surface area contributed by atoms with Gasteiger partial charge in [-0.3, -0.25) is 9.78 Å². The first kappa shape index (κ1) is 24.1. The van der Waals surface area contributed by atoms with Crippen LogP contribution in [0.25, 0.3) is 0 Å². The van der Waals surface area contributed by atoms with E-state index in [1.54, 1.807) is 24.6 Å². The number of benzene rings is 1. The standard InChI is InChI=1S/C26H24ClN5O3S/c1-34-16-23(33)29-20-10-9-17(14-19(20)27)32-25(24(30-26(32)36)21-7-2-3-11-28-21)22-8-4-12-31(22)15-18-6-5-13-35-18/h2-14,24-25H,15-16H2,1H3,(H,29,33)(H,30,36)/t24-,25-/m0/s1. The van der Waals surface area contributed by atoms with E-state index < -0.39 is 0 Å². The minimum absolute atomic E-state index is 0.0568. The average Bonchev–Trinajstić information content (AvgIpc) is 3.62. The second kappa shape index (κ2) is 10.5. The molecule has 10 heteroatoms. The minimum atomic E-state index is -0.283. The van der Waals surface area contributed by atoms with Crippen LogP contribution in [-0.4, -0.2) is 34.3 Å². The highest BCUT2D eigenvalue weighted by atomic mass is 35.5. The van der Waals surface area contributed by atoms with Gasteiger partial charge >= 0.3 is 0 Å². The SMILES string of the molecule is COCC(=O)Nc1ccc(N2C(=S)N[C@@H](c3ccccn3)[C@@H]2c2cccn2Cc2ccco2)cc1Cl. The van der Waals surface area contributed by atoms with Crippen molar-refractivity contribution in [3.05, 3.63) is 101 Å². The number of aromatic nitrogens is 2. The van der Waals surface area contributed by atoms with Crippen LogP contribution in [0.2, 0.25) is 5.02 Å². The lowest BCUT2D eigenvalue weighted by Gasteiger charge is -2.29. The molecule has 0 saturated carbocycles. The third-order valence-corrected chi connectivity index (χ3v) is 6.58. The number of halogens is 1. The molecule has 0 spiro atoms. The Labute approximate surface area is 218 Å². The molecule has 0 radical (unpaired) electrons. The normalized spacial score (nSPS) is 17.3. The first-order valence-electron chi connectivity index (χ1n) is 11.3. The molecule has 4 heterocycles. The van der Waals surface area contributed by atoms with Crippen molar-refractivity contribution in [2.75, 3.05) is 23.9 Å². The van der Waals surface area contributed by atoms with E-state index in [0.717, 1.165) is 22.8 Å². The molecule has 0 unspecified atom stereocenters. The van der Waals surface area contributed by atoms with Crippen molar-refractivity contribution in [2.24, 2.45) is 0 Å². The summed E-state index contributed by atoms with van der Waals surface area (Å²) >= 11 is 12.4. The van der Waals surface area contributed by atoms with Gasteiger partial charge in [-0.25, -0.2) is 0 Å². The largest absolute Gasteiger partial charge is 0.467 e. The Morgan fingerprint density at radius 1 is 1.22 bits per heavy atom. The fraction of sp³-hybridized carbons (Fsp3) is 0.192. The Balaban J connectivity index is 1.54. The van der Waals surface area contributed by atoms with Gasteiger partial charge in [0.25, 0.3) is 0 Å². The number of carbonyl (C=O) groups excluding carboxylic acids is 1. The van der Waals surface area contributed by atoms with Crippen LogP contribution < -0.4 is 15.5 Å². The quantitative estimate of drug-likeness (QED) is 0.318. The molecule has 1 amide bonds. The molecular formula is C26H24ClN5O3S. The monoisotopic (exact) mass is 521 g/mol. The summed E-state index contributed by atoms with van der Waals surface area (Å²) in [5.74, 6) is 0.565. The van der Waals surface area contributed by atoms with Gasteiger partial charge in [0.2, 0.25) is 5.91 Å². The van der Waals surface area contributed by atoms with Crippen LogP contribution in [0, 0.1) is 0 Å². The number of ether oxygens (including phenoxy) is 1. The Hall–Kier alpha value is -3.66. The molecule has 1 fully saturated rings. The number of carbonyl (C=O) groups is 1. The summed E-state index contributed by atoms with van der Waals surface area (Å²) in [5.41, 5.74) is 3.19. The molecule has 0 bridgehead atoms. The molecule has 1 aromatic carbocycles. The van der Waals surface area contributed by atoms with Gasteiger partial charge in [-0.05, 0) is 66.8 Å². The van der Waals surface area contributed by atoms with Gasteiger partial charge in [0.1, 0.15) is 18.4 Å². The number of rotatable bonds is 8. The summed E-state index contributed by atoms with van der Waals surface area (Å²) < 4.78 is 12.6. The number of furan rings is 1. The van der Waals surface area contributed by atoms with Crippen molar-refractivity contribution in [1.82, 2.24) is 14.9 Å². The molecule has 1 aliphatic rings. The zero-order valence-corrected chi connectivity index (χ0v) is 21.0. The highest BCUT2D eigenvalue weighted by molar-refractivity contribution is 7.80. The summed E-state index contributed by atoms with van der Waals surface area (Å²) in [4.78, 5) is 18.6. The number of anilines is 2. The molecule has 5 rings (SSSR count). The number of nitrogens with zero attached hydrogens (tertiary/aromatic N) is 3. The first-order chi connectivity index (χ1) is 17.5. The molecule has 3 aromatic heterocycles. The van der Waals surface area contributed by atoms with E-state index in [1.807, 2.05) is 53.6 Å². The third-order valence-electron chi connectivity index (χ3n) is 5.95. The van der Waals surface area contributed by atoms with Crippen LogP contribution in [-0.2, 0) is 16.1 Å². The highest BCUT2D eigenvalue weighted by Gasteiger charge is 2.42. The zero-order chi connectivity index (χ0) is 25.1. The van der Waals surface area contributed by atoms with Crippen molar-refractivity contribution < 1.29 is 13.9 Å². The predicted molar refractivity (Wildman–Crippen MR) is 142 cm³/mol. The van der Waals surface area contributed by atoms with E-state index in [1.165, 1.54) is 7.11 Å². The molecule has 8 nitrogen and oxygen atoms in total. The van der Waals surface area contributed by atoms with Crippen LogP contribution >= 0.6 is 23.8 Å². The number of nitrogens with one attached hydrogen (secondary N) is 2. The number of pyridine rings is 1. The first-order valence-corrected chi connectivity index (χ1v) is 12.1. The number of methoxy groups -OCH3 is 1. The summed E-state index contributed by atoms with van der Waals surface area (Å²) in [5, 5.41) is 7.16. The minimum Gasteiger partial charge on any atom is -0.467 e. The van der Waals surface area contributed by atoms with Gasteiger partial charge in [-0.15, -0.1) is 0 Å². The number of amides is 1. The lowest BCUT2D eigenvalue weighted by molar-refractivity contribution is -0.119. The molecule has 4 aromatic rings. The number of thiocarbonyl (C=S) groups is 1. The Bertz CT molecular complexity index is 1360. The molecule has 184 valence electrons. The lowest BCUT2D eigenvalue weighted by Crippen LogP contribution is -2.30. The number of hydrogen-bond acceptors (Lipinski definition) is 5. The maximum Gasteiger partial charge on any atom is 0.250 e. The topological polar surface area (TPSA) is 84.6 Å². The Morgan fingerprint density at radius 3 is 2.83 bits per heavy atom. The lowest BCUT2D eigenvalue weighted by atomic mass is 10.0. The van der Waals surface area contributed by atoms with Crippen LogP contribution in [0.15, 0.2) is 83.7 Å². The molecule has 0 aliphatic carbocycles. The van der Waals surface area contributed by atoms with Crippen LogP contribution in [0.1, 0.15) is 29.2 Å².